The molecule has 2 heteroatoms. The van der Waals surface area contributed by atoms with Gasteiger partial charge in [0.25, 0.3) is 0 Å². The van der Waals surface area contributed by atoms with Gasteiger partial charge < -0.3 is 10.0 Å². The van der Waals surface area contributed by atoms with Crippen molar-refractivity contribution in [2.45, 2.75) is 18.4 Å². The first-order valence-corrected chi connectivity index (χ1v) is 7.07. The molecular weight excluding hydrogens is 246 g/mol. The quantitative estimate of drug-likeness (QED) is 0.871. The predicted octanol–water partition coefficient (Wildman–Crippen LogP) is 3.07. The maximum atomic E-state index is 11.2. The molecule has 0 radical (unpaired) electrons. The van der Waals surface area contributed by atoms with Crippen LogP contribution < -0.4 is 0 Å². The molecule has 0 fully saturated rings. The molecule has 2 rings (SSSR count). The van der Waals surface area contributed by atoms with E-state index in [-0.39, 0.29) is 0 Å². The largest absolute Gasteiger partial charge is 0.385 e. The highest BCUT2D eigenvalue weighted by atomic mass is 16.3. The van der Waals surface area contributed by atoms with Crippen molar-refractivity contribution < 1.29 is 5.11 Å². The highest BCUT2D eigenvalue weighted by Gasteiger charge is 2.29. The molecule has 1 atom stereocenters. The third-order valence-electron chi connectivity index (χ3n) is 3.62. The zero-order valence-electron chi connectivity index (χ0n) is 12.3. The Hall–Kier alpha value is -1.64. The minimum absolute atomic E-state index is 0.645. The molecule has 2 aromatic rings. The van der Waals surface area contributed by atoms with Crippen molar-refractivity contribution in [1.82, 2.24) is 4.90 Å². The van der Waals surface area contributed by atoms with Crippen LogP contribution in [0.5, 0.6) is 0 Å². The topological polar surface area (TPSA) is 23.5 Å². The van der Waals surface area contributed by atoms with Gasteiger partial charge >= 0.3 is 0 Å². The van der Waals surface area contributed by atoms with Crippen LogP contribution in [0.25, 0.3) is 0 Å². The summed E-state index contributed by atoms with van der Waals surface area (Å²) >= 11 is 0. The van der Waals surface area contributed by atoms with Crippen molar-refractivity contribution in [2.24, 2.45) is 0 Å². The highest BCUT2D eigenvalue weighted by Crippen LogP contribution is 2.29. The Morgan fingerprint density at radius 3 is 2.00 bits per heavy atom. The van der Waals surface area contributed by atoms with E-state index in [1.807, 2.05) is 62.6 Å². The molecule has 20 heavy (non-hydrogen) atoms. The van der Waals surface area contributed by atoms with Crippen LogP contribution in [0.3, 0.4) is 0 Å². The van der Waals surface area contributed by atoms with Gasteiger partial charge in [0.15, 0.2) is 0 Å². The van der Waals surface area contributed by atoms with Crippen LogP contribution in [0.1, 0.15) is 17.5 Å². The van der Waals surface area contributed by atoms with Gasteiger partial charge in [0.2, 0.25) is 0 Å². The number of hydrogen-bond donors (Lipinski definition) is 1. The van der Waals surface area contributed by atoms with Gasteiger partial charge in [-0.15, -0.1) is 0 Å². The fraction of sp³-hybridized carbons (Fsp3) is 0.333. The SMILES string of the molecule is CN(C)CC[C@@](O)(Cc1ccccc1)c1ccccc1. The summed E-state index contributed by atoms with van der Waals surface area (Å²) in [6.07, 6.45) is 1.37. The molecular formula is C18H23NO. The molecule has 2 aromatic carbocycles. The summed E-state index contributed by atoms with van der Waals surface area (Å²) in [5, 5.41) is 11.2. The van der Waals surface area contributed by atoms with E-state index in [9.17, 15) is 5.11 Å². The summed E-state index contributed by atoms with van der Waals surface area (Å²) in [6, 6.07) is 20.2. The van der Waals surface area contributed by atoms with Gasteiger partial charge in [-0.25, -0.2) is 0 Å². The molecule has 0 aliphatic rings. The number of hydrogen-bond acceptors (Lipinski definition) is 2. The molecule has 0 aliphatic carbocycles. The molecule has 106 valence electrons. The van der Waals surface area contributed by atoms with Crippen LogP contribution in [-0.4, -0.2) is 30.6 Å². The Bertz CT molecular complexity index is 509. The average Bonchev–Trinajstić information content (AvgIpc) is 2.47. The Morgan fingerprint density at radius 2 is 1.45 bits per heavy atom. The number of aliphatic hydroxyl groups is 1. The lowest BCUT2D eigenvalue weighted by Gasteiger charge is -2.30. The van der Waals surface area contributed by atoms with Gasteiger partial charge in [-0.2, -0.15) is 0 Å². The second-order valence-corrected chi connectivity index (χ2v) is 5.61. The maximum absolute atomic E-state index is 11.2. The molecule has 0 saturated heterocycles. The fourth-order valence-electron chi connectivity index (χ4n) is 2.43. The van der Waals surface area contributed by atoms with Crippen LogP contribution in [0.4, 0.5) is 0 Å². The predicted molar refractivity (Wildman–Crippen MR) is 83.7 cm³/mol. The molecule has 2 nitrogen and oxygen atoms in total. The summed E-state index contributed by atoms with van der Waals surface area (Å²) in [5.41, 5.74) is 1.34. The van der Waals surface area contributed by atoms with Gasteiger partial charge in [-0.3, -0.25) is 0 Å². The summed E-state index contributed by atoms with van der Waals surface area (Å²) in [7, 11) is 4.07. The van der Waals surface area contributed by atoms with Crippen LogP contribution in [0, 0.1) is 0 Å². The Balaban J connectivity index is 2.24. The van der Waals surface area contributed by atoms with E-state index in [0.29, 0.717) is 6.42 Å². The molecule has 0 amide bonds. The van der Waals surface area contributed by atoms with Crippen LogP contribution in [0.2, 0.25) is 0 Å². The van der Waals surface area contributed by atoms with Gasteiger partial charge in [0.1, 0.15) is 0 Å². The number of nitrogens with zero attached hydrogens (tertiary/aromatic N) is 1. The zero-order valence-corrected chi connectivity index (χ0v) is 12.3. The van der Waals surface area contributed by atoms with E-state index in [0.717, 1.165) is 24.1 Å². The van der Waals surface area contributed by atoms with Crippen molar-refractivity contribution in [1.29, 1.82) is 0 Å². The summed E-state index contributed by atoms with van der Waals surface area (Å²) in [5.74, 6) is 0. The summed E-state index contributed by atoms with van der Waals surface area (Å²) in [6.45, 7) is 0.859. The summed E-state index contributed by atoms with van der Waals surface area (Å²) < 4.78 is 0. The van der Waals surface area contributed by atoms with Crippen LogP contribution >= 0.6 is 0 Å². The molecule has 1 N–H and O–H groups in total. The van der Waals surface area contributed by atoms with Crippen molar-refractivity contribution in [3.63, 3.8) is 0 Å². The minimum atomic E-state index is -0.813. The zero-order chi connectivity index (χ0) is 14.4. The fourth-order valence-corrected chi connectivity index (χ4v) is 2.43. The van der Waals surface area contributed by atoms with E-state index in [4.69, 9.17) is 0 Å². The maximum Gasteiger partial charge on any atom is 0.0948 e. The Labute approximate surface area is 121 Å². The van der Waals surface area contributed by atoms with Crippen molar-refractivity contribution in [2.75, 3.05) is 20.6 Å². The Kier molecular flexibility index (Phi) is 4.94. The molecule has 0 spiro atoms. The smallest absolute Gasteiger partial charge is 0.0948 e. The van der Waals surface area contributed by atoms with Gasteiger partial charge in [0, 0.05) is 13.0 Å². The first-order valence-electron chi connectivity index (χ1n) is 7.07. The monoisotopic (exact) mass is 269 g/mol. The molecule has 0 bridgehead atoms. The van der Waals surface area contributed by atoms with E-state index in [1.54, 1.807) is 0 Å². The molecule has 0 aromatic heterocycles. The van der Waals surface area contributed by atoms with Crippen LogP contribution in [0.15, 0.2) is 60.7 Å². The van der Waals surface area contributed by atoms with Gasteiger partial charge in [-0.1, -0.05) is 60.7 Å². The minimum Gasteiger partial charge on any atom is -0.385 e. The molecule has 0 aliphatic heterocycles. The van der Waals surface area contributed by atoms with E-state index < -0.39 is 5.60 Å². The average molecular weight is 269 g/mol. The van der Waals surface area contributed by atoms with E-state index in [2.05, 4.69) is 17.0 Å². The number of benzene rings is 2. The molecule has 0 saturated carbocycles. The molecule has 0 heterocycles. The van der Waals surface area contributed by atoms with Crippen molar-refractivity contribution >= 4 is 0 Å². The second-order valence-electron chi connectivity index (χ2n) is 5.61. The Morgan fingerprint density at radius 1 is 0.900 bits per heavy atom. The van der Waals surface area contributed by atoms with E-state index >= 15 is 0 Å². The lowest BCUT2D eigenvalue weighted by molar-refractivity contribution is 0.0212. The van der Waals surface area contributed by atoms with Crippen molar-refractivity contribution in [3.8, 4) is 0 Å². The highest BCUT2D eigenvalue weighted by molar-refractivity contribution is 5.26. The standard InChI is InChI=1S/C18H23NO/c1-19(2)14-13-18(20,17-11-7-4-8-12-17)15-16-9-5-3-6-10-16/h3-12,20H,13-15H2,1-2H3/t18-/m1/s1. The van der Waals surface area contributed by atoms with Crippen LogP contribution in [-0.2, 0) is 12.0 Å². The van der Waals surface area contributed by atoms with E-state index in [1.165, 1.54) is 0 Å². The van der Waals surface area contributed by atoms with Crippen molar-refractivity contribution in [3.05, 3.63) is 71.8 Å². The molecule has 0 unspecified atom stereocenters. The lowest BCUT2D eigenvalue weighted by Crippen LogP contribution is -2.32. The second kappa shape index (κ2) is 6.69. The number of rotatable bonds is 6. The normalized spacial score (nSPS) is 14.2. The summed E-state index contributed by atoms with van der Waals surface area (Å²) in [4.78, 5) is 2.11. The third kappa shape index (κ3) is 3.92. The van der Waals surface area contributed by atoms with Gasteiger partial charge in [-0.05, 0) is 31.6 Å². The first kappa shape index (κ1) is 14.8. The first-order chi connectivity index (χ1) is 9.60. The lowest BCUT2D eigenvalue weighted by atomic mass is 9.84. The van der Waals surface area contributed by atoms with Gasteiger partial charge in [0.05, 0.1) is 5.60 Å². The third-order valence-corrected chi connectivity index (χ3v) is 3.62.